The maximum atomic E-state index is 11.5. The van der Waals surface area contributed by atoms with E-state index < -0.39 is 11.9 Å². The van der Waals surface area contributed by atoms with Crippen LogP contribution in [0.4, 0.5) is 4.79 Å². The number of hydrogen-bond acceptors (Lipinski definition) is 2. The quantitative estimate of drug-likeness (QED) is 0.676. The molecule has 1 saturated heterocycles. The van der Waals surface area contributed by atoms with E-state index in [4.69, 9.17) is 5.11 Å². The first-order valence-electron chi connectivity index (χ1n) is 5.01. The second-order valence-corrected chi connectivity index (χ2v) is 3.60. The summed E-state index contributed by atoms with van der Waals surface area (Å²) >= 11 is 0. The molecule has 0 spiro atoms. The zero-order valence-electron chi connectivity index (χ0n) is 8.61. The average molecular weight is 212 g/mol. The Morgan fingerprint density at radius 2 is 2.33 bits per heavy atom. The number of carboxylic acid groups (broad SMARTS) is 1. The molecule has 0 unspecified atom stereocenters. The lowest BCUT2D eigenvalue weighted by Gasteiger charge is -2.30. The first kappa shape index (κ1) is 11.6. The number of hydrogen-bond donors (Lipinski definition) is 2. The molecular formula is C10H16N2O3. The van der Waals surface area contributed by atoms with E-state index in [1.807, 2.05) is 0 Å². The first-order valence-corrected chi connectivity index (χ1v) is 5.01. The fourth-order valence-electron chi connectivity index (χ4n) is 1.63. The average Bonchev–Trinajstić information content (AvgIpc) is 2.26. The number of carbonyl (C=O) groups excluding carboxylic acids is 1. The predicted molar refractivity (Wildman–Crippen MR) is 55.5 cm³/mol. The zero-order valence-corrected chi connectivity index (χ0v) is 8.61. The minimum absolute atomic E-state index is 0.208. The number of nitrogens with zero attached hydrogens (tertiary/aromatic N) is 1. The van der Waals surface area contributed by atoms with E-state index in [1.54, 1.807) is 11.0 Å². The highest BCUT2D eigenvalue weighted by Gasteiger charge is 2.27. The SMILES string of the molecule is C=CCNC(=O)N1CCC[C@@H](C(=O)O)C1. The molecule has 1 heterocycles. The van der Waals surface area contributed by atoms with Gasteiger partial charge in [-0.05, 0) is 12.8 Å². The number of nitrogens with one attached hydrogen (secondary N) is 1. The Morgan fingerprint density at radius 3 is 2.93 bits per heavy atom. The molecule has 1 aliphatic rings. The summed E-state index contributed by atoms with van der Waals surface area (Å²) in [6.45, 7) is 4.84. The number of carboxylic acids is 1. The van der Waals surface area contributed by atoms with Gasteiger partial charge in [0.25, 0.3) is 0 Å². The highest BCUT2D eigenvalue weighted by Crippen LogP contribution is 2.16. The molecule has 84 valence electrons. The molecule has 5 heteroatoms. The van der Waals surface area contributed by atoms with Crippen molar-refractivity contribution in [3.8, 4) is 0 Å². The van der Waals surface area contributed by atoms with Gasteiger partial charge in [-0.2, -0.15) is 0 Å². The van der Waals surface area contributed by atoms with Crippen molar-refractivity contribution in [1.29, 1.82) is 0 Å². The lowest BCUT2D eigenvalue weighted by molar-refractivity contribution is -0.143. The van der Waals surface area contributed by atoms with Crippen LogP contribution in [0.1, 0.15) is 12.8 Å². The van der Waals surface area contributed by atoms with E-state index in [2.05, 4.69) is 11.9 Å². The van der Waals surface area contributed by atoms with Crippen molar-refractivity contribution in [2.24, 2.45) is 5.92 Å². The van der Waals surface area contributed by atoms with Gasteiger partial charge in [-0.1, -0.05) is 6.08 Å². The fraction of sp³-hybridized carbons (Fsp3) is 0.600. The second kappa shape index (κ2) is 5.38. The van der Waals surface area contributed by atoms with Gasteiger partial charge in [0, 0.05) is 19.6 Å². The van der Waals surface area contributed by atoms with Crippen LogP contribution in [0.3, 0.4) is 0 Å². The molecule has 2 amide bonds. The Labute approximate surface area is 88.8 Å². The van der Waals surface area contributed by atoms with Crippen LogP contribution >= 0.6 is 0 Å². The van der Waals surface area contributed by atoms with Gasteiger partial charge in [0.15, 0.2) is 0 Å². The number of carbonyl (C=O) groups is 2. The smallest absolute Gasteiger partial charge is 0.317 e. The fourth-order valence-corrected chi connectivity index (χ4v) is 1.63. The Kier molecular flexibility index (Phi) is 4.15. The molecule has 1 aliphatic heterocycles. The Balaban J connectivity index is 2.44. The molecule has 0 aromatic rings. The summed E-state index contributed by atoms with van der Waals surface area (Å²) in [7, 11) is 0. The van der Waals surface area contributed by atoms with Crippen LogP contribution in [-0.4, -0.2) is 41.6 Å². The maximum absolute atomic E-state index is 11.5. The van der Waals surface area contributed by atoms with Gasteiger partial charge in [-0.25, -0.2) is 4.79 Å². The largest absolute Gasteiger partial charge is 0.481 e. The normalized spacial score (nSPS) is 20.8. The molecule has 0 radical (unpaired) electrons. The summed E-state index contributed by atoms with van der Waals surface area (Å²) in [5.74, 6) is -1.25. The second-order valence-electron chi connectivity index (χ2n) is 3.60. The van der Waals surface area contributed by atoms with Crippen LogP contribution in [-0.2, 0) is 4.79 Å². The van der Waals surface area contributed by atoms with E-state index in [-0.39, 0.29) is 6.03 Å². The van der Waals surface area contributed by atoms with Crippen molar-refractivity contribution in [3.63, 3.8) is 0 Å². The lowest BCUT2D eigenvalue weighted by Crippen LogP contribution is -2.47. The van der Waals surface area contributed by atoms with E-state index in [1.165, 1.54) is 0 Å². The molecule has 0 aromatic heterocycles. The number of aliphatic carboxylic acids is 1. The maximum Gasteiger partial charge on any atom is 0.317 e. The van der Waals surface area contributed by atoms with Crippen molar-refractivity contribution in [1.82, 2.24) is 10.2 Å². The van der Waals surface area contributed by atoms with Gasteiger partial charge < -0.3 is 15.3 Å². The van der Waals surface area contributed by atoms with E-state index >= 15 is 0 Å². The molecule has 0 saturated carbocycles. The number of amides is 2. The number of piperidine rings is 1. The van der Waals surface area contributed by atoms with E-state index in [0.717, 1.165) is 6.42 Å². The van der Waals surface area contributed by atoms with Crippen LogP contribution in [0.15, 0.2) is 12.7 Å². The molecule has 1 fully saturated rings. The zero-order chi connectivity index (χ0) is 11.3. The standard InChI is InChI=1S/C10H16N2O3/c1-2-5-11-10(15)12-6-3-4-8(7-12)9(13)14/h2,8H,1,3-7H2,(H,11,15)(H,13,14)/t8-/m1/s1. The first-order chi connectivity index (χ1) is 7.15. The molecule has 5 nitrogen and oxygen atoms in total. The summed E-state index contributed by atoms with van der Waals surface area (Å²) in [4.78, 5) is 23.8. The summed E-state index contributed by atoms with van der Waals surface area (Å²) in [6, 6.07) is -0.208. The highest BCUT2D eigenvalue weighted by molar-refractivity contribution is 5.76. The minimum atomic E-state index is -0.823. The lowest BCUT2D eigenvalue weighted by atomic mass is 9.99. The van der Waals surface area contributed by atoms with E-state index in [9.17, 15) is 9.59 Å². The molecule has 2 N–H and O–H groups in total. The van der Waals surface area contributed by atoms with Gasteiger partial charge in [-0.3, -0.25) is 4.79 Å². The molecule has 15 heavy (non-hydrogen) atoms. The monoisotopic (exact) mass is 212 g/mol. The Bertz CT molecular complexity index is 265. The summed E-state index contributed by atoms with van der Waals surface area (Å²) in [5, 5.41) is 11.5. The Hall–Kier alpha value is -1.52. The predicted octanol–water partition coefficient (Wildman–Crippen LogP) is 0.679. The van der Waals surface area contributed by atoms with Crippen LogP contribution in [0.25, 0.3) is 0 Å². The van der Waals surface area contributed by atoms with Crippen molar-refractivity contribution in [2.45, 2.75) is 12.8 Å². The molecular weight excluding hydrogens is 196 g/mol. The minimum Gasteiger partial charge on any atom is -0.481 e. The number of likely N-dealkylation sites (tertiary alicyclic amines) is 1. The summed E-state index contributed by atoms with van der Waals surface area (Å²) in [6.07, 6.45) is 3.00. The molecule has 1 atom stereocenters. The summed E-state index contributed by atoms with van der Waals surface area (Å²) < 4.78 is 0. The number of rotatable bonds is 3. The van der Waals surface area contributed by atoms with Crippen LogP contribution in [0.5, 0.6) is 0 Å². The Morgan fingerprint density at radius 1 is 1.60 bits per heavy atom. The molecule has 0 bridgehead atoms. The molecule has 0 aromatic carbocycles. The van der Waals surface area contributed by atoms with Crippen LogP contribution in [0.2, 0.25) is 0 Å². The van der Waals surface area contributed by atoms with E-state index in [0.29, 0.717) is 26.1 Å². The van der Waals surface area contributed by atoms with Crippen molar-refractivity contribution >= 4 is 12.0 Å². The third-order valence-electron chi connectivity index (χ3n) is 2.46. The third-order valence-corrected chi connectivity index (χ3v) is 2.46. The number of urea groups is 1. The topological polar surface area (TPSA) is 69.6 Å². The third kappa shape index (κ3) is 3.27. The molecule has 0 aliphatic carbocycles. The van der Waals surface area contributed by atoms with Crippen LogP contribution in [0, 0.1) is 5.92 Å². The summed E-state index contributed by atoms with van der Waals surface area (Å²) in [5.41, 5.74) is 0. The van der Waals surface area contributed by atoms with Crippen molar-refractivity contribution in [3.05, 3.63) is 12.7 Å². The van der Waals surface area contributed by atoms with Gasteiger partial charge >= 0.3 is 12.0 Å². The molecule has 1 rings (SSSR count). The highest BCUT2D eigenvalue weighted by atomic mass is 16.4. The van der Waals surface area contributed by atoms with Crippen molar-refractivity contribution < 1.29 is 14.7 Å². The van der Waals surface area contributed by atoms with Gasteiger partial charge in [0.05, 0.1) is 5.92 Å². The van der Waals surface area contributed by atoms with Crippen molar-refractivity contribution in [2.75, 3.05) is 19.6 Å². The van der Waals surface area contributed by atoms with Gasteiger partial charge in [0.2, 0.25) is 0 Å². The van der Waals surface area contributed by atoms with Gasteiger partial charge in [0.1, 0.15) is 0 Å². The van der Waals surface area contributed by atoms with Gasteiger partial charge in [-0.15, -0.1) is 6.58 Å². The van der Waals surface area contributed by atoms with Crippen LogP contribution < -0.4 is 5.32 Å².